The van der Waals surface area contributed by atoms with Gasteiger partial charge in [-0.05, 0) is 58.2 Å². The fourth-order valence-electron chi connectivity index (χ4n) is 4.11. The predicted octanol–water partition coefficient (Wildman–Crippen LogP) is 5.45. The molecule has 11 heteroatoms. The first-order valence-corrected chi connectivity index (χ1v) is 11.7. The van der Waals surface area contributed by atoms with Crippen LogP contribution in [0.3, 0.4) is 0 Å². The molecule has 0 aliphatic heterocycles. The summed E-state index contributed by atoms with van der Waals surface area (Å²) >= 11 is 0. The second kappa shape index (κ2) is 9.96. The van der Waals surface area contributed by atoms with Crippen LogP contribution >= 0.6 is 0 Å². The van der Waals surface area contributed by atoms with E-state index in [1.807, 2.05) is 0 Å². The number of halogens is 3. The van der Waals surface area contributed by atoms with Gasteiger partial charge in [-0.15, -0.1) is 0 Å². The average Bonchev–Trinajstić information content (AvgIpc) is 2.79. The Morgan fingerprint density at radius 3 is 2.47 bits per heavy atom. The summed E-state index contributed by atoms with van der Waals surface area (Å²) in [6.07, 6.45) is -1.35. The van der Waals surface area contributed by atoms with E-state index in [0.717, 1.165) is 18.9 Å². The molecule has 8 nitrogen and oxygen atoms in total. The van der Waals surface area contributed by atoms with Gasteiger partial charge in [0.25, 0.3) is 0 Å². The van der Waals surface area contributed by atoms with Crippen LogP contribution in [0.2, 0.25) is 0 Å². The van der Waals surface area contributed by atoms with Crippen LogP contribution in [0.5, 0.6) is 11.5 Å². The minimum atomic E-state index is -4.61. The fraction of sp³-hybridized carbons (Fsp3) is 0.480. The molecule has 36 heavy (non-hydrogen) atoms. The number of benzene rings is 1. The third-order valence-electron chi connectivity index (χ3n) is 6.25. The average molecular weight is 506 g/mol. The number of nitrogens with two attached hydrogens (primary N) is 1. The molecule has 4 rings (SSSR count). The number of fused-ring (bicyclic) bond motifs is 1. The monoisotopic (exact) mass is 505 g/mol. The van der Waals surface area contributed by atoms with Crippen LogP contribution in [0.4, 0.5) is 24.7 Å². The van der Waals surface area contributed by atoms with Gasteiger partial charge in [0.1, 0.15) is 23.9 Å². The zero-order valence-corrected chi connectivity index (χ0v) is 20.7. The summed E-state index contributed by atoms with van der Waals surface area (Å²) < 4.78 is 57.1. The van der Waals surface area contributed by atoms with E-state index < -0.39 is 17.9 Å². The van der Waals surface area contributed by atoms with Gasteiger partial charge in [0.05, 0.1) is 36.6 Å². The molecule has 0 amide bonds. The predicted molar refractivity (Wildman–Crippen MR) is 130 cm³/mol. The van der Waals surface area contributed by atoms with Crippen LogP contribution in [0, 0.1) is 6.92 Å². The number of rotatable bonds is 9. The number of nitrogens with one attached hydrogen (secondary N) is 1. The molecule has 0 spiro atoms. The largest absolute Gasteiger partial charge is 0.493 e. The minimum Gasteiger partial charge on any atom is -0.493 e. The molecule has 1 atom stereocenters. The van der Waals surface area contributed by atoms with Crippen LogP contribution in [-0.2, 0) is 10.9 Å². The highest BCUT2D eigenvalue weighted by Gasteiger charge is 2.34. The van der Waals surface area contributed by atoms with Gasteiger partial charge in [-0.1, -0.05) is 0 Å². The summed E-state index contributed by atoms with van der Waals surface area (Å²) in [6.45, 7) is 6.28. The number of pyridine rings is 1. The third kappa shape index (κ3) is 5.72. The Morgan fingerprint density at radius 1 is 1.08 bits per heavy atom. The van der Waals surface area contributed by atoms with Crippen molar-refractivity contribution in [2.75, 3.05) is 31.4 Å². The SMILES string of the molecule is COc1cc2nc(C)nc(N[C@H](C)c3cc(N)cc(C(F)(F)F)n3)c2cc1OCCOC1(C)CCC1. The van der Waals surface area contributed by atoms with Gasteiger partial charge >= 0.3 is 6.18 Å². The van der Waals surface area contributed by atoms with Gasteiger partial charge < -0.3 is 25.3 Å². The number of anilines is 2. The highest BCUT2D eigenvalue weighted by atomic mass is 19.4. The van der Waals surface area contributed by atoms with Gasteiger partial charge in [0.15, 0.2) is 11.5 Å². The van der Waals surface area contributed by atoms with Gasteiger partial charge in [-0.3, -0.25) is 0 Å². The lowest BCUT2D eigenvalue weighted by molar-refractivity contribution is -0.141. The second-order valence-corrected chi connectivity index (χ2v) is 9.21. The summed E-state index contributed by atoms with van der Waals surface area (Å²) in [4.78, 5) is 12.7. The number of hydrogen-bond acceptors (Lipinski definition) is 8. The number of aryl methyl sites for hydroxylation is 1. The number of ether oxygens (including phenoxy) is 3. The van der Waals surface area contributed by atoms with Crippen molar-refractivity contribution in [3.05, 3.63) is 41.5 Å². The summed E-state index contributed by atoms with van der Waals surface area (Å²) in [5.41, 5.74) is 5.30. The van der Waals surface area contributed by atoms with E-state index in [1.54, 1.807) is 33.1 Å². The van der Waals surface area contributed by atoms with E-state index in [-0.39, 0.29) is 17.0 Å². The van der Waals surface area contributed by atoms with Crippen LogP contribution in [-0.4, -0.2) is 40.9 Å². The van der Waals surface area contributed by atoms with Gasteiger partial charge in [0, 0.05) is 17.1 Å². The molecule has 2 aromatic heterocycles. The molecule has 1 aromatic carbocycles. The zero-order valence-electron chi connectivity index (χ0n) is 20.7. The smallest absolute Gasteiger partial charge is 0.433 e. The molecule has 0 radical (unpaired) electrons. The van der Waals surface area contributed by atoms with E-state index in [2.05, 4.69) is 27.2 Å². The molecule has 1 aliphatic rings. The van der Waals surface area contributed by atoms with Crippen LogP contribution in [0.1, 0.15) is 56.4 Å². The highest BCUT2D eigenvalue weighted by Crippen LogP contribution is 2.37. The van der Waals surface area contributed by atoms with Gasteiger partial charge in [-0.2, -0.15) is 13.2 Å². The Balaban J connectivity index is 1.60. The molecule has 3 N–H and O–H groups in total. The van der Waals surface area contributed by atoms with Gasteiger partial charge in [0.2, 0.25) is 0 Å². The molecule has 0 unspecified atom stereocenters. The van der Waals surface area contributed by atoms with Gasteiger partial charge in [-0.25, -0.2) is 15.0 Å². The Bertz CT molecular complexity index is 1250. The van der Waals surface area contributed by atoms with Crippen molar-refractivity contribution in [3.63, 3.8) is 0 Å². The first kappa shape index (κ1) is 25.7. The third-order valence-corrected chi connectivity index (χ3v) is 6.25. The molecular formula is C25H30F3N5O3. The van der Waals surface area contributed by atoms with Crippen LogP contribution < -0.4 is 20.5 Å². The van der Waals surface area contributed by atoms with Crippen LogP contribution in [0.25, 0.3) is 10.9 Å². The first-order valence-electron chi connectivity index (χ1n) is 11.7. The van der Waals surface area contributed by atoms with E-state index in [4.69, 9.17) is 19.9 Å². The lowest BCUT2D eigenvalue weighted by atomic mass is 9.82. The zero-order chi connectivity index (χ0) is 26.1. The van der Waals surface area contributed by atoms with Crippen molar-refractivity contribution in [2.45, 2.75) is 57.9 Å². The molecule has 1 aliphatic carbocycles. The Labute approximate surface area is 207 Å². The number of alkyl halides is 3. The summed E-state index contributed by atoms with van der Waals surface area (Å²) in [5, 5.41) is 3.78. The summed E-state index contributed by atoms with van der Waals surface area (Å²) in [7, 11) is 1.54. The van der Waals surface area contributed by atoms with Crippen molar-refractivity contribution in [3.8, 4) is 11.5 Å². The van der Waals surface area contributed by atoms with Crippen molar-refractivity contribution >= 4 is 22.4 Å². The molecule has 1 saturated carbocycles. The van der Waals surface area contributed by atoms with Crippen molar-refractivity contribution in [2.24, 2.45) is 0 Å². The maximum atomic E-state index is 13.2. The van der Waals surface area contributed by atoms with Crippen molar-refractivity contribution in [1.82, 2.24) is 15.0 Å². The quantitative estimate of drug-likeness (QED) is 0.370. The second-order valence-electron chi connectivity index (χ2n) is 9.21. The minimum absolute atomic E-state index is 0.0249. The molecule has 1 fully saturated rings. The molecule has 3 aromatic rings. The normalized spacial score (nSPS) is 15.9. The van der Waals surface area contributed by atoms with E-state index in [1.165, 1.54) is 12.5 Å². The number of aromatic nitrogens is 3. The number of hydrogen-bond donors (Lipinski definition) is 2. The molecule has 194 valence electrons. The lowest BCUT2D eigenvalue weighted by Gasteiger charge is -2.38. The number of nitrogens with zero attached hydrogens (tertiary/aromatic N) is 3. The highest BCUT2D eigenvalue weighted by molar-refractivity contribution is 5.92. The maximum absolute atomic E-state index is 13.2. The number of methoxy groups -OCH3 is 1. The summed E-state index contributed by atoms with van der Waals surface area (Å²) in [6, 6.07) is 5.08. The first-order chi connectivity index (χ1) is 17.0. The maximum Gasteiger partial charge on any atom is 0.433 e. The number of nitrogen functional groups attached to an aromatic ring is 1. The van der Waals surface area contributed by atoms with E-state index in [9.17, 15) is 13.2 Å². The Hall–Kier alpha value is -3.34. The standard InChI is InChI=1S/C25H30F3N5O3/c1-14(18-10-16(29)11-22(33-18)25(26,27)28)30-23-17-12-21(35-8-9-36-24(3)6-5-7-24)20(34-4)13-19(17)31-15(2)32-23/h10-14H,5-9H2,1-4H3,(H2,29,33)(H,30,31,32)/t14-/m1/s1. The van der Waals surface area contributed by atoms with E-state index in [0.29, 0.717) is 47.3 Å². The lowest BCUT2D eigenvalue weighted by Crippen LogP contribution is -2.37. The molecule has 0 saturated heterocycles. The van der Waals surface area contributed by atoms with Crippen molar-refractivity contribution in [1.29, 1.82) is 0 Å². The topological polar surface area (TPSA) is 104 Å². The Kier molecular flexibility index (Phi) is 7.12. The summed E-state index contributed by atoms with van der Waals surface area (Å²) in [5.74, 6) is 1.89. The molecular weight excluding hydrogens is 475 g/mol. The molecule has 2 heterocycles. The van der Waals surface area contributed by atoms with E-state index >= 15 is 0 Å². The molecule has 0 bridgehead atoms. The Morgan fingerprint density at radius 2 is 1.83 bits per heavy atom. The fourth-order valence-corrected chi connectivity index (χ4v) is 4.11. The van der Waals surface area contributed by atoms with Crippen molar-refractivity contribution < 1.29 is 27.4 Å². The van der Waals surface area contributed by atoms with Crippen LogP contribution in [0.15, 0.2) is 24.3 Å².